The molecule has 0 fully saturated rings. The number of carbonyl (C=O) groups excluding carboxylic acids is 3. The Balaban J connectivity index is 1.92. The van der Waals surface area contributed by atoms with Gasteiger partial charge in [0.15, 0.2) is 11.9 Å². The van der Waals surface area contributed by atoms with Crippen molar-refractivity contribution < 1.29 is 19.1 Å². The summed E-state index contributed by atoms with van der Waals surface area (Å²) in [5.74, 6) is -1.28. The van der Waals surface area contributed by atoms with Crippen LogP contribution in [-0.2, 0) is 14.3 Å². The Kier molecular flexibility index (Phi) is 6.61. The second-order valence-corrected chi connectivity index (χ2v) is 5.77. The molecule has 0 aliphatic carbocycles. The summed E-state index contributed by atoms with van der Waals surface area (Å²) < 4.78 is 5.07. The number of hydrogen-bond acceptors (Lipinski definition) is 5. The third kappa shape index (κ3) is 5.94. The van der Waals surface area contributed by atoms with Crippen LogP contribution >= 0.6 is 0 Å². The van der Waals surface area contributed by atoms with E-state index in [2.05, 4.69) is 5.32 Å². The van der Waals surface area contributed by atoms with Gasteiger partial charge in [0.25, 0.3) is 5.91 Å². The molecular weight excluding hydrogens is 344 g/mol. The summed E-state index contributed by atoms with van der Waals surface area (Å²) in [6, 6.07) is 15.2. The van der Waals surface area contributed by atoms with Crippen molar-refractivity contribution in [3.63, 3.8) is 0 Å². The number of nitrogens with zero attached hydrogens (tertiary/aromatic N) is 1. The van der Waals surface area contributed by atoms with E-state index in [-0.39, 0.29) is 5.78 Å². The molecule has 0 aliphatic rings. The first-order chi connectivity index (χ1) is 12.9. The molecule has 1 atom stereocenters. The number of hydrogen-bond donors (Lipinski definition) is 1. The second kappa shape index (κ2) is 9.11. The average molecular weight is 362 g/mol. The van der Waals surface area contributed by atoms with Crippen molar-refractivity contribution >= 4 is 29.4 Å². The van der Waals surface area contributed by atoms with Crippen LogP contribution in [-0.4, -0.2) is 23.8 Å². The molecule has 27 heavy (non-hydrogen) atoms. The summed E-state index contributed by atoms with van der Waals surface area (Å²) in [6.45, 7) is 2.89. The van der Waals surface area contributed by atoms with Crippen molar-refractivity contribution in [2.75, 3.05) is 5.32 Å². The fraction of sp³-hybridized carbons (Fsp3) is 0.143. The Morgan fingerprint density at radius 3 is 2.48 bits per heavy atom. The number of nitriles is 1. The summed E-state index contributed by atoms with van der Waals surface area (Å²) >= 11 is 0. The van der Waals surface area contributed by atoms with Crippen LogP contribution in [0.15, 0.2) is 54.6 Å². The van der Waals surface area contributed by atoms with Gasteiger partial charge in [-0.05, 0) is 49.8 Å². The monoisotopic (exact) mass is 362 g/mol. The van der Waals surface area contributed by atoms with Crippen LogP contribution in [0.25, 0.3) is 6.08 Å². The molecule has 0 bridgehead atoms. The number of amides is 1. The smallest absolute Gasteiger partial charge is 0.331 e. The minimum absolute atomic E-state index is 0.112. The standard InChI is InChI=1S/C21H18N2O4/c1-14(24)18-4-3-5-19(12-18)23-21(26)15(2)27-20(25)11-10-16-6-8-17(13-22)9-7-16/h3-12,15H,1-2H3,(H,23,26)/b11-10+/t15-/m0/s1. The topological polar surface area (TPSA) is 96.3 Å². The Labute approximate surface area is 157 Å². The first kappa shape index (κ1) is 19.6. The third-order valence-corrected chi connectivity index (χ3v) is 3.65. The molecular formula is C21H18N2O4. The zero-order valence-corrected chi connectivity index (χ0v) is 14.9. The van der Waals surface area contributed by atoms with E-state index in [1.54, 1.807) is 48.5 Å². The highest BCUT2D eigenvalue weighted by atomic mass is 16.5. The molecule has 0 saturated heterocycles. The van der Waals surface area contributed by atoms with Crippen molar-refractivity contribution in [1.82, 2.24) is 0 Å². The van der Waals surface area contributed by atoms with Gasteiger partial charge in [-0.3, -0.25) is 9.59 Å². The molecule has 0 unspecified atom stereocenters. The van der Waals surface area contributed by atoms with Crippen LogP contribution in [0.1, 0.15) is 35.3 Å². The van der Waals surface area contributed by atoms with Crippen molar-refractivity contribution in [2.45, 2.75) is 20.0 Å². The SMILES string of the molecule is CC(=O)c1cccc(NC(=O)[C@H](C)OC(=O)/C=C/c2ccc(C#N)cc2)c1. The largest absolute Gasteiger partial charge is 0.449 e. The second-order valence-electron chi connectivity index (χ2n) is 5.77. The van der Waals surface area contributed by atoms with Gasteiger partial charge in [-0.1, -0.05) is 24.3 Å². The minimum Gasteiger partial charge on any atom is -0.449 e. The van der Waals surface area contributed by atoms with E-state index in [9.17, 15) is 14.4 Å². The summed E-state index contributed by atoms with van der Waals surface area (Å²) in [4.78, 5) is 35.4. The van der Waals surface area contributed by atoms with Crippen LogP contribution in [0.5, 0.6) is 0 Å². The number of anilines is 1. The fourth-order valence-electron chi connectivity index (χ4n) is 2.16. The maximum atomic E-state index is 12.1. The number of esters is 1. The first-order valence-electron chi connectivity index (χ1n) is 8.20. The van der Waals surface area contributed by atoms with Gasteiger partial charge in [0, 0.05) is 17.3 Å². The van der Waals surface area contributed by atoms with Crippen LogP contribution in [0.3, 0.4) is 0 Å². The highest BCUT2D eigenvalue weighted by molar-refractivity contribution is 5.99. The molecule has 1 N–H and O–H groups in total. The number of ether oxygens (including phenoxy) is 1. The Hall–Kier alpha value is -3.72. The van der Waals surface area contributed by atoms with Crippen LogP contribution in [0.2, 0.25) is 0 Å². The molecule has 6 heteroatoms. The zero-order valence-electron chi connectivity index (χ0n) is 14.9. The van der Waals surface area contributed by atoms with Gasteiger partial charge >= 0.3 is 5.97 Å². The van der Waals surface area contributed by atoms with Crippen molar-refractivity contribution in [3.8, 4) is 6.07 Å². The molecule has 0 aliphatic heterocycles. The lowest BCUT2D eigenvalue weighted by atomic mass is 10.1. The molecule has 1 amide bonds. The molecule has 136 valence electrons. The number of ketones is 1. The minimum atomic E-state index is -1.01. The summed E-state index contributed by atoms with van der Waals surface area (Å²) in [6.07, 6.45) is 1.73. The number of carbonyl (C=O) groups is 3. The van der Waals surface area contributed by atoms with Gasteiger partial charge in [0.1, 0.15) is 0 Å². The average Bonchev–Trinajstić information content (AvgIpc) is 2.66. The Morgan fingerprint density at radius 2 is 1.85 bits per heavy atom. The van der Waals surface area contributed by atoms with Crippen molar-refractivity contribution in [3.05, 3.63) is 71.3 Å². The van der Waals surface area contributed by atoms with Crippen LogP contribution in [0.4, 0.5) is 5.69 Å². The molecule has 2 rings (SSSR count). The summed E-state index contributed by atoms with van der Waals surface area (Å²) in [5, 5.41) is 11.4. The third-order valence-electron chi connectivity index (χ3n) is 3.65. The molecule has 2 aromatic rings. The lowest BCUT2D eigenvalue weighted by Crippen LogP contribution is -2.29. The van der Waals surface area contributed by atoms with E-state index in [1.807, 2.05) is 6.07 Å². The number of benzene rings is 2. The van der Waals surface area contributed by atoms with Gasteiger partial charge in [-0.2, -0.15) is 5.26 Å². The van der Waals surface area contributed by atoms with Crippen LogP contribution in [0, 0.1) is 11.3 Å². The predicted octanol–water partition coefficient (Wildman–Crippen LogP) is 3.34. The summed E-state index contributed by atoms with van der Waals surface area (Å²) in [5.41, 5.74) is 2.17. The van der Waals surface area contributed by atoms with E-state index >= 15 is 0 Å². The van der Waals surface area contributed by atoms with Crippen molar-refractivity contribution in [2.24, 2.45) is 0 Å². The molecule has 0 aromatic heterocycles. The quantitative estimate of drug-likeness (QED) is 0.483. The van der Waals surface area contributed by atoms with Crippen molar-refractivity contribution in [1.29, 1.82) is 5.26 Å². The predicted molar refractivity (Wildman–Crippen MR) is 101 cm³/mol. The number of nitrogens with one attached hydrogen (secondary N) is 1. The molecule has 0 radical (unpaired) electrons. The van der Waals surface area contributed by atoms with E-state index < -0.39 is 18.0 Å². The summed E-state index contributed by atoms with van der Waals surface area (Å²) in [7, 11) is 0. The fourth-order valence-corrected chi connectivity index (χ4v) is 2.16. The first-order valence-corrected chi connectivity index (χ1v) is 8.20. The Bertz CT molecular complexity index is 924. The van der Waals surface area contributed by atoms with Gasteiger partial charge in [0.05, 0.1) is 11.6 Å². The van der Waals surface area contributed by atoms with E-state index in [4.69, 9.17) is 10.00 Å². The Morgan fingerprint density at radius 1 is 1.15 bits per heavy atom. The highest BCUT2D eigenvalue weighted by Crippen LogP contribution is 2.12. The molecule has 0 saturated carbocycles. The molecule has 0 heterocycles. The zero-order chi connectivity index (χ0) is 19.8. The normalized spacial score (nSPS) is 11.4. The van der Waals surface area contributed by atoms with Gasteiger partial charge in [-0.25, -0.2) is 4.79 Å². The number of rotatable bonds is 6. The number of Topliss-reactive ketones (excluding diaryl/α,β-unsaturated/α-hetero) is 1. The van der Waals surface area contributed by atoms with E-state index in [0.29, 0.717) is 16.8 Å². The molecule has 0 spiro atoms. The maximum Gasteiger partial charge on any atom is 0.331 e. The highest BCUT2D eigenvalue weighted by Gasteiger charge is 2.17. The molecule has 2 aromatic carbocycles. The van der Waals surface area contributed by atoms with Crippen LogP contribution < -0.4 is 5.32 Å². The van der Waals surface area contributed by atoms with Gasteiger partial charge in [-0.15, -0.1) is 0 Å². The van der Waals surface area contributed by atoms with Gasteiger partial charge in [0.2, 0.25) is 0 Å². The van der Waals surface area contributed by atoms with E-state index in [1.165, 1.54) is 26.0 Å². The lowest BCUT2D eigenvalue weighted by Gasteiger charge is -2.12. The van der Waals surface area contributed by atoms with E-state index in [0.717, 1.165) is 5.56 Å². The van der Waals surface area contributed by atoms with Gasteiger partial charge < -0.3 is 10.1 Å². The lowest BCUT2D eigenvalue weighted by molar-refractivity contribution is -0.148. The maximum absolute atomic E-state index is 12.1. The molecule has 6 nitrogen and oxygen atoms in total.